The van der Waals surface area contributed by atoms with Crippen LogP contribution >= 0.6 is 15.9 Å². The standard InChI is InChI=1S/C14H18BrN3O2S/c1-16-8-13-7-14(9-17-13)21(19,20)18(2)10-11-3-5-12(15)6-4-11/h3-7,9,16-17H,8,10H2,1-2H3. The van der Waals surface area contributed by atoms with Crippen LogP contribution in [0, 0.1) is 0 Å². The Morgan fingerprint density at radius 3 is 2.57 bits per heavy atom. The monoisotopic (exact) mass is 371 g/mol. The Labute approximate surface area is 133 Å². The van der Waals surface area contributed by atoms with Crippen molar-refractivity contribution in [2.75, 3.05) is 14.1 Å². The summed E-state index contributed by atoms with van der Waals surface area (Å²) >= 11 is 3.36. The molecule has 7 heteroatoms. The second-order valence-corrected chi connectivity index (χ2v) is 7.74. The lowest BCUT2D eigenvalue weighted by Gasteiger charge is -2.16. The third-order valence-electron chi connectivity index (χ3n) is 3.11. The molecular formula is C14H18BrN3O2S. The average molecular weight is 372 g/mol. The van der Waals surface area contributed by atoms with Crippen LogP contribution in [-0.2, 0) is 23.1 Å². The molecule has 114 valence electrons. The minimum Gasteiger partial charge on any atom is -0.363 e. The first kappa shape index (κ1) is 16.2. The van der Waals surface area contributed by atoms with Crippen LogP contribution in [0.1, 0.15) is 11.3 Å². The molecule has 0 bridgehead atoms. The van der Waals surface area contributed by atoms with Gasteiger partial charge < -0.3 is 10.3 Å². The number of sulfonamides is 1. The summed E-state index contributed by atoms with van der Waals surface area (Å²) < 4.78 is 27.3. The Bertz CT molecular complexity index is 695. The molecule has 1 aromatic heterocycles. The van der Waals surface area contributed by atoms with Gasteiger partial charge in [0.1, 0.15) is 0 Å². The van der Waals surface area contributed by atoms with Gasteiger partial charge in [-0.25, -0.2) is 8.42 Å². The molecule has 2 aromatic rings. The van der Waals surface area contributed by atoms with Crippen LogP contribution in [0.15, 0.2) is 45.9 Å². The summed E-state index contributed by atoms with van der Waals surface area (Å²) in [5.74, 6) is 0. The number of nitrogens with zero attached hydrogens (tertiary/aromatic N) is 1. The average Bonchev–Trinajstić information content (AvgIpc) is 2.91. The molecule has 0 atom stereocenters. The number of hydrogen-bond acceptors (Lipinski definition) is 3. The third-order valence-corrected chi connectivity index (χ3v) is 5.42. The fourth-order valence-electron chi connectivity index (χ4n) is 1.97. The molecule has 0 radical (unpaired) electrons. The first-order valence-electron chi connectivity index (χ1n) is 6.46. The molecule has 0 aliphatic carbocycles. The number of H-pyrrole nitrogens is 1. The van der Waals surface area contributed by atoms with E-state index < -0.39 is 10.0 Å². The highest BCUT2D eigenvalue weighted by Crippen LogP contribution is 2.19. The first-order valence-corrected chi connectivity index (χ1v) is 8.69. The van der Waals surface area contributed by atoms with Crippen molar-refractivity contribution < 1.29 is 8.42 Å². The molecule has 0 unspecified atom stereocenters. The topological polar surface area (TPSA) is 65.2 Å². The zero-order chi connectivity index (χ0) is 15.5. The molecule has 21 heavy (non-hydrogen) atoms. The fraction of sp³-hybridized carbons (Fsp3) is 0.286. The summed E-state index contributed by atoms with van der Waals surface area (Å²) in [4.78, 5) is 3.25. The molecule has 0 amide bonds. The molecule has 0 aliphatic rings. The van der Waals surface area contributed by atoms with Gasteiger partial charge in [-0.05, 0) is 30.8 Å². The highest BCUT2D eigenvalue weighted by Gasteiger charge is 2.22. The van der Waals surface area contributed by atoms with Crippen LogP contribution in [0.2, 0.25) is 0 Å². The van der Waals surface area contributed by atoms with Gasteiger partial charge in [-0.1, -0.05) is 28.1 Å². The van der Waals surface area contributed by atoms with Crippen LogP contribution in [0.4, 0.5) is 0 Å². The van der Waals surface area contributed by atoms with Crippen molar-refractivity contribution in [3.63, 3.8) is 0 Å². The molecule has 0 saturated heterocycles. The summed E-state index contributed by atoms with van der Waals surface area (Å²) in [6.07, 6.45) is 1.53. The molecule has 0 aliphatic heterocycles. The van der Waals surface area contributed by atoms with Crippen LogP contribution < -0.4 is 5.32 Å². The lowest BCUT2D eigenvalue weighted by molar-refractivity contribution is 0.467. The highest BCUT2D eigenvalue weighted by atomic mass is 79.9. The largest absolute Gasteiger partial charge is 0.363 e. The fourth-order valence-corrected chi connectivity index (χ4v) is 3.41. The van der Waals surface area contributed by atoms with E-state index in [-0.39, 0.29) is 4.90 Å². The van der Waals surface area contributed by atoms with Gasteiger partial charge in [0, 0.05) is 36.5 Å². The molecule has 2 N–H and O–H groups in total. The summed E-state index contributed by atoms with van der Waals surface area (Å²) in [5.41, 5.74) is 1.78. The van der Waals surface area contributed by atoms with E-state index in [0.717, 1.165) is 15.7 Å². The number of halogens is 1. The maximum absolute atomic E-state index is 12.5. The number of benzene rings is 1. The first-order chi connectivity index (χ1) is 9.93. The van der Waals surface area contributed by atoms with E-state index in [2.05, 4.69) is 26.2 Å². The molecule has 0 spiro atoms. The second kappa shape index (κ2) is 6.74. The van der Waals surface area contributed by atoms with Gasteiger partial charge in [0.15, 0.2) is 0 Å². The van der Waals surface area contributed by atoms with Crippen molar-refractivity contribution in [3.05, 3.63) is 52.3 Å². The Morgan fingerprint density at radius 2 is 1.95 bits per heavy atom. The predicted octanol–water partition coefficient (Wildman–Crippen LogP) is 2.32. The van der Waals surface area contributed by atoms with Crippen LogP contribution in [-0.4, -0.2) is 31.8 Å². The smallest absolute Gasteiger partial charge is 0.244 e. The summed E-state index contributed by atoms with van der Waals surface area (Å²) in [7, 11) is -0.0826. The number of nitrogens with one attached hydrogen (secondary N) is 2. The van der Waals surface area contributed by atoms with Crippen molar-refractivity contribution >= 4 is 26.0 Å². The molecule has 5 nitrogen and oxygen atoms in total. The van der Waals surface area contributed by atoms with Gasteiger partial charge in [-0.2, -0.15) is 4.31 Å². The zero-order valence-electron chi connectivity index (χ0n) is 11.9. The van der Waals surface area contributed by atoms with Gasteiger partial charge in [-0.15, -0.1) is 0 Å². The highest BCUT2D eigenvalue weighted by molar-refractivity contribution is 9.10. The Kier molecular flexibility index (Phi) is 5.21. The third kappa shape index (κ3) is 3.94. The number of rotatable bonds is 6. The zero-order valence-corrected chi connectivity index (χ0v) is 14.3. The second-order valence-electron chi connectivity index (χ2n) is 4.78. The van der Waals surface area contributed by atoms with E-state index in [4.69, 9.17) is 0 Å². The van der Waals surface area contributed by atoms with Crippen LogP contribution in [0.5, 0.6) is 0 Å². The molecule has 1 heterocycles. The summed E-state index contributed by atoms with van der Waals surface area (Å²) in [5, 5.41) is 2.98. The minimum absolute atomic E-state index is 0.285. The van der Waals surface area contributed by atoms with Gasteiger partial charge >= 0.3 is 0 Å². The molecule has 1 aromatic carbocycles. The van der Waals surface area contributed by atoms with Crippen molar-refractivity contribution in [1.29, 1.82) is 0 Å². The Hall–Kier alpha value is -1.15. The predicted molar refractivity (Wildman–Crippen MR) is 86.4 cm³/mol. The van der Waals surface area contributed by atoms with Gasteiger partial charge in [0.05, 0.1) is 4.90 Å². The normalized spacial score (nSPS) is 12.0. The van der Waals surface area contributed by atoms with E-state index in [1.54, 1.807) is 13.1 Å². The molecule has 2 rings (SSSR count). The minimum atomic E-state index is -3.48. The lowest BCUT2D eigenvalue weighted by Crippen LogP contribution is -2.26. The van der Waals surface area contributed by atoms with Gasteiger partial charge in [-0.3, -0.25) is 0 Å². The van der Waals surface area contributed by atoms with E-state index in [9.17, 15) is 8.42 Å². The van der Waals surface area contributed by atoms with E-state index >= 15 is 0 Å². The maximum Gasteiger partial charge on any atom is 0.244 e. The van der Waals surface area contributed by atoms with Crippen LogP contribution in [0.3, 0.4) is 0 Å². The molecule has 0 fully saturated rings. The van der Waals surface area contributed by atoms with Gasteiger partial charge in [0.25, 0.3) is 0 Å². The van der Waals surface area contributed by atoms with E-state index in [0.29, 0.717) is 13.1 Å². The van der Waals surface area contributed by atoms with E-state index in [1.807, 2.05) is 31.3 Å². The summed E-state index contributed by atoms with van der Waals surface area (Å²) in [6, 6.07) is 9.26. The Balaban J connectivity index is 2.15. The quantitative estimate of drug-likeness (QED) is 0.818. The Morgan fingerprint density at radius 1 is 1.29 bits per heavy atom. The number of hydrogen-bond donors (Lipinski definition) is 2. The van der Waals surface area contributed by atoms with Crippen molar-refractivity contribution in [1.82, 2.24) is 14.6 Å². The van der Waals surface area contributed by atoms with Gasteiger partial charge in [0.2, 0.25) is 10.0 Å². The maximum atomic E-state index is 12.5. The molecule has 0 saturated carbocycles. The van der Waals surface area contributed by atoms with Crippen LogP contribution in [0.25, 0.3) is 0 Å². The van der Waals surface area contributed by atoms with Crippen molar-refractivity contribution in [2.24, 2.45) is 0 Å². The summed E-state index contributed by atoms with van der Waals surface area (Å²) in [6.45, 7) is 0.939. The number of aromatic nitrogens is 1. The lowest BCUT2D eigenvalue weighted by atomic mass is 10.2. The van der Waals surface area contributed by atoms with Crippen molar-refractivity contribution in [3.8, 4) is 0 Å². The molecular weight excluding hydrogens is 354 g/mol. The number of aromatic amines is 1. The van der Waals surface area contributed by atoms with E-state index in [1.165, 1.54) is 10.5 Å². The SMILES string of the molecule is CNCc1cc(S(=O)(=O)N(C)Cc2ccc(Br)cc2)c[nH]1. The van der Waals surface area contributed by atoms with Crippen molar-refractivity contribution in [2.45, 2.75) is 18.0 Å².